The van der Waals surface area contributed by atoms with Crippen molar-refractivity contribution in [2.24, 2.45) is 0 Å². The van der Waals surface area contributed by atoms with Gasteiger partial charge in [-0.05, 0) is 72.0 Å². The van der Waals surface area contributed by atoms with E-state index in [2.05, 4.69) is 11.4 Å². The van der Waals surface area contributed by atoms with Crippen molar-refractivity contribution < 1.29 is 14.3 Å². The Balaban J connectivity index is 1.30. The monoisotopic (exact) mass is 475 g/mol. The zero-order valence-corrected chi connectivity index (χ0v) is 19.8. The van der Waals surface area contributed by atoms with E-state index in [1.54, 1.807) is 11.0 Å². The minimum atomic E-state index is -0.164. The molecule has 0 aliphatic carbocycles. The highest BCUT2D eigenvalue weighted by molar-refractivity contribution is 6.31. The number of benzene rings is 3. The number of carbonyl (C=O) groups is 2. The molecule has 0 atom stereocenters. The van der Waals surface area contributed by atoms with E-state index in [4.69, 9.17) is 16.3 Å². The average molecular weight is 476 g/mol. The van der Waals surface area contributed by atoms with Gasteiger partial charge in [-0.2, -0.15) is 0 Å². The van der Waals surface area contributed by atoms with Crippen LogP contribution in [0, 0.1) is 6.92 Å². The summed E-state index contributed by atoms with van der Waals surface area (Å²) in [4.78, 5) is 29.2. The highest BCUT2D eigenvalue weighted by Crippen LogP contribution is 2.33. The Morgan fingerprint density at radius 1 is 0.912 bits per heavy atom. The smallest absolute Gasteiger partial charge is 0.326 e. The SMILES string of the molecule is Cc1ccc(Cl)cc1NC(=O)N1CCc2cc(-c3ccc(C(=O)N4CCOCC4)cc3)ccc21. The van der Waals surface area contributed by atoms with Crippen LogP contribution in [0.4, 0.5) is 16.2 Å². The van der Waals surface area contributed by atoms with Gasteiger partial charge in [0, 0.05) is 41.6 Å². The van der Waals surface area contributed by atoms with E-state index in [1.165, 1.54) is 0 Å². The van der Waals surface area contributed by atoms with E-state index in [1.807, 2.05) is 60.4 Å². The van der Waals surface area contributed by atoms with Crippen LogP contribution < -0.4 is 10.2 Å². The fourth-order valence-corrected chi connectivity index (χ4v) is 4.63. The number of hydrogen-bond acceptors (Lipinski definition) is 3. The van der Waals surface area contributed by atoms with Crippen LogP contribution in [-0.4, -0.2) is 49.7 Å². The molecule has 3 amide bonds. The van der Waals surface area contributed by atoms with Gasteiger partial charge in [0.15, 0.2) is 0 Å². The van der Waals surface area contributed by atoms with Crippen LogP contribution in [0.25, 0.3) is 11.1 Å². The van der Waals surface area contributed by atoms with Crippen molar-refractivity contribution in [3.8, 4) is 11.1 Å². The molecule has 0 spiro atoms. The third kappa shape index (κ3) is 4.52. The third-order valence-corrected chi connectivity index (χ3v) is 6.66. The molecule has 5 rings (SSSR count). The van der Waals surface area contributed by atoms with E-state index in [0.29, 0.717) is 49.1 Å². The molecule has 6 nitrogen and oxygen atoms in total. The number of urea groups is 1. The second-order valence-corrected chi connectivity index (χ2v) is 9.05. The molecule has 2 aliphatic rings. The summed E-state index contributed by atoms with van der Waals surface area (Å²) >= 11 is 6.09. The fraction of sp³-hybridized carbons (Fsp3) is 0.259. The van der Waals surface area contributed by atoms with Gasteiger partial charge in [-0.15, -0.1) is 0 Å². The molecular weight excluding hydrogens is 450 g/mol. The molecule has 174 valence electrons. The lowest BCUT2D eigenvalue weighted by atomic mass is 10.0. The van der Waals surface area contributed by atoms with E-state index >= 15 is 0 Å². The Hall–Kier alpha value is -3.35. The van der Waals surface area contributed by atoms with Gasteiger partial charge in [-0.25, -0.2) is 4.79 Å². The van der Waals surface area contributed by atoms with Crippen LogP contribution in [0.5, 0.6) is 0 Å². The van der Waals surface area contributed by atoms with Gasteiger partial charge >= 0.3 is 6.03 Å². The number of amides is 3. The number of morpholine rings is 1. The van der Waals surface area contributed by atoms with Crippen molar-refractivity contribution in [3.63, 3.8) is 0 Å². The Labute approximate surface area is 204 Å². The molecule has 0 bridgehead atoms. The predicted octanol–water partition coefficient (Wildman–Crippen LogP) is 5.38. The van der Waals surface area contributed by atoms with E-state index in [0.717, 1.165) is 34.4 Å². The first-order valence-electron chi connectivity index (χ1n) is 11.4. The standard InChI is InChI=1S/C27H26ClN3O3/c1-18-2-8-23(28)17-24(18)29-27(33)31-11-10-22-16-21(7-9-25(22)31)19-3-5-20(6-4-19)26(32)30-12-14-34-15-13-30/h2-9,16-17H,10-15H2,1H3,(H,29,33). The van der Waals surface area contributed by atoms with Gasteiger partial charge in [-0.1, -0.05) is 35.9 Å². The fourth-order valence-electron chi connectivity index (χ4n) is 4.46. The highest BCUT2D eigenvalue weighted by atomic mass is 35.5. The van der Waals surface area contributed by atoms with Gasteiger partial charge in [0.1, 0.15) is 0 Å². The minimum absolute atomic E-state index is 0.0420. The Morgan fingerprint density at radius 3 is 2.41 bits per heavy atom. The van der Waals surface area contributed by atoms with Gasteiger partial charge in [0.25, 0.3) is 5.91 Å². The number of carbonyl (C=O) groups excluding carboxylic acids is 2. The summed E-state index contributed by atoms with van der Waals surface area (Å²) < 4.78 is 5.33. The van der Waals surface area contributed by atoms with Crippen LogP contribution >= 0.6 is 11.6 Å². The maximum atomic E-state index is 13.0. The first-order chi connectivity index (χ1) is 16.5. The summed E-state index contributed by atoms with van der Waals surface area (Å²) in [6.45, 7) is 5.01. The number of ether oxygens (including phenoxy) is 1. The molecule has 1 saturated heterocycles. The van der Waals surface area contributed by atoms with Crippen LogP contribution in [0.3, 0.4) is 0 Å². The Kier molecular flexibility index (Phi) is 6.26. The summed E-state index contributed by atoms with van der Waals surface area (Å²) in [5.41, 5.74) is 6.52. The normalized spacial score (nSPS) is 15.2. The van der Waals surface area contributed by atoms with E-state index < -0.39 is 0 Å². The van der Waals surface area contributed by atoms with Crippen molar-refractivity contribution in [1.29, 1.82) is 0 Å². The van der Waals surface area contributed by atoms with Gasteiger partial charge in [0.2, 0.25) is 0 Å². The number of anilines is 2. The number of aryl methyl sites for hydroxylation is 1. The van der Waals surface area contributed by atoms with E-state index in [-0.39, 0.29) is 11.9 Å². The molecule has 1 fully saturated rings. The van der Waals surface area contributed by atoms with E-state index in [9.17, 15) is 9.59 Å². The maximum Gasteiger partial charge on any atom is 0.326 e. The molecule has 0 aromatic heterocycles. The highest BCUT2D eigenvalue weighted by Gasteiger charge is 2.25. The Morgan fingerprint density at radius 2 is 1.65 bits per heavy atom. The van der Waals surface area contributed by atoms with Crippen LogP contribution in [0.15, 0.2) is 60.7 Å². The number of rotatable bonds is 3. The molecule has 3 aromatic rings. The summed E-state index contributed by atoms with van der Waals surface area (Å²) in [5, 5.41) is 3.57. The molecule has 2 aliphatic heterocycles. The molecule has 34 heavy (non-hydrogen) atoms. The summed E-state index contributed by atoms with van der Waals surface area (Å²) in [7, 11) is 0. The second-order valence-electron chi connectivity index (χ2n) is 8.62. The topological polar surface area (TPSA) is 61.9 Å². The predicted molar refractivity (Wildman–Crippen MR) is 135 cm³/mol. The van der Waals surface area contributed by atoms with Crippen molar-refractivity contribution in [3.05, 3.63) is 82.4 Å². The van der Waals surface area contributed by atoms with Crippen LogP contribution in [-0.2, 0) is 11.2 Å². The van der Waals surface area contributed by atoms with Gasteiger partial charge in [-0.3, -0.25) is 9.69 Å². The molecule has 0 radical (unpaired) electrons. The molecule has 0 saturated carbocycles. The molecule has 7 heteroatoms. The van der Waals surface area contributed by atoms with Crippen molar-refractivity contribution in [1.82, 2.24) is 4.90 Å². The molecule has 1 N–H and O–H groups in total. The van der Waals surface area contributed by atoms with Crippen molar-refractivity contribution in [2.75, 3.05) is 43.1 Å². The molecule has 2 heterocycles. The third-order valence-electron chi connectivity index (χ3n) is 6.42. The lowest BCUT2D eigenvalue weighted by molar-refractivity contribution is 0.0303. The Bertz CT molecular complexity index is 1240. The average Bonchev–Trinajstić information content (AvgIpc) is 3.30. The number of hydrogen-bond donors (Lipinski definition) is 1. The summed E-state index contributed by atoms with van der Waals surface area (Å²) in [6.07, 6.45) is 0.790. The minimum Gasteiger partial charge on any atom is -0.378 e. The first kappa shape index (κ1) is 22.4. The molecular formula is C27H26ClN3O3. The van der Waals surface area contributed by atoms with Crippen molar-refractivity contribution >= 4 is 34.9 Å². The summed E-state index contributed by atoms with van der Waals surface area (Å²) in [5.74, 6) is 0.0420. The zero-order chi connectivity index (χ0) is 23.7. The van der Waals surface area contributed by atoms with Gasteiger partial charge in [0.05, 0.1) is 13.2 Å². The lowest BCUT2D eigenvalue weighted by Gasteiger charge is -2.26. The quantitative estimate of drug-likeness (QED) is 0.553. The largest absolute Gasteiger partial charge is 0.378 e. The number of nitrogens with one attached hydrogen (secondary N) is 1. The molecule has 3 aromatic carbocycles. The van der Waals surface area contributed by atoms with Gasteiger partial charge < -0.3 is 15.0 Å². The lowest BCUT2D eigenvalue weighted by Crippen LogP contribution is -2.40. The van der Waals surface area contributed by atoms with Crippen molar-refractivity contribution in [2.45, 2.75) is 13.3 Å². The maximum absolute atomic E-state index is 13.0. The zero-order valence-electron chi connectivity index (χ0n) is 19.0. The number of nitrogens with zero attached hydrogens (tertiary/aromatic N) is 2. The van der Waals surface area contributed by atoms with Crippen LogP contribution in [0.1, 0.15) is 21.5 Å². The number of halogens is 1. The first-order valence-corrected chi connectivity index (χ1v) is 11.8. The summed E-state index contributed by atoms with van der Waals surface area (Å²) in [6, 6.07) is 19.2. The number of fused-ring (bicyclic) bond motifs is 1. The molecule has 0 unspecified atom stereocenters. The second kappa shape index (κ2) is 9.49. The van der Waals surface area contributed by atoms with Crippen LogP contribution in [0.2, 0.25) is 5.02 Å².